The van der Waals surface area contributed by atoms with E-state index in [2.05, 4.69) is 15.5 Å². The topological polar surface area (TPSA) is 103 Å². The molecule has 3 aromatic rings. The fraction of sp³-hybridized carbons (Fsp3) is 0.167. The number of nitro groups is 1. The van der Waals surface area contributed by atoms with Gasteiger partial charge in [0.1, 0.15) is 0 Å². The number of carbonyl (C=O) groups is 1. The Kier molecular flexibility index (Phi) is 5.51. The summed E-state index contributed by atoms with van der Waals surface area (Å²) in [6.07, 6.45) is 0. The molecule has 1 aromatic heterocycles. The van der Waals surface area contributed by atoms with Crippen LogP contribution in [0.15, 0.2) is 53.7 Å². The zero-order chi connectivity index (χ0) is 19.4. The molecule has 138 valence electrons. The van der Waals surface area contributed by atoms with E-state index in [1.165, 1.54) is 23.9 Å². The monoisotopic (exact) mass is 383 g/mol. The van der Waals surface area contributed by atoms with E-state index in [1.54, 1.807) is 23.7 Å². The number of non-ortho nitro benzene ring substituents is 1. The van der Waals surface area contributed by atoms with E-state index >= 15 is 0 Å². The third-order valence-electron chi connectivity index (χ3n) is 3.82. The van der Waals surface area contributed by atoms with E-state index in [0.717, 1.165) is 11.3 Å². The van der Waals surface area contributed by atoms with E-state index < -0.39 is 4.92 Å². The Balaban J connectivity index is 1.67. The van der Waals surface area contributed by atoms with Gasteiger partial charge in [-0.15, -0.1) is 10.2 Å². The molecule has 0 saturated carbocycles. The molecule has 0 aliphatic rings. The highest BCUT2D eigenvalue weighted by atomic mass is 32.2. The van der Waals surface area contributed by atoms with E-state index in [-0.39, 0.29) is 17.3 Å². The van der Waals surface area contributed by atoms with Gasteiger partial charge in [0.25, 0.3) is 5.69 Å². The molecule has 0 radical (unpaired) electrons. The van der Waals surface area contributed by atoms with E-state index in [0.29, 0.717) is 16.5 Å². The van der Waals surface area contributed by atoms with Crippen LogP contribution in [-0.2, 0) is 11.8 Å². The number of rotatable bonds is 6. The van der Waals surface area contributed by atoms with Gasteiger partial charge >= 0.3 is 0 Å². The number of aryl methyl sites for hydroxylation is 1. The predicted molar refractivity (Wildman–Crippen MR) is 104 cm³/mol. The lowest BCUT2D eigenvalue weighted by atomic mass is 10.2. The highest BCUT2D eigenvalue weighted by Gasteiger charge is 2.15. The van der Waals surface area contributed by atoms with Crippen molar-refractivity contribution in [2.24, 2.45) is 7.05 Å². The Morgan fingerprint density at radius 1 is 1.22 bits per heavy atom. The summed E-state index contributed by atoms with van der Waals surface area (Å²) in [6.45, 7) is 1.98. The summed E-state index contributed by atoms with van der Waals surface area (Å²) in [5.41, 5.74) is 2.44. The maximum absolute atomic E-state index is 12.1. The number of nitrogens with one attached hydrogen (secondary N) is 1. The van der Waals surface area contributed by atoms with Crippen LogP contribution in [0.2, 0.25) is 0 Å². The molecular weight excluding hydrogens is 366 g/mol. The highest BCUT2D eigenvalue weighted by molar-refractivity contribution is 7.99. The number of carbonyl (C=O) groups excluding carboxylic acids is 1. The minimum atomic E-state index is -0.453. The fourth-order valence-corrected chi connectivity index (χ4v) is 3.13. The standard InChI is InChI=1S/C18H17N5O3S/c1-12-6-8-14(9-7-12)19-16(24)11-27-18-21-20-17(22(18)2)13-4-3-5-15(10-13)23(25)26/h3-10H,11H2,1-2H3,(H,19,24). The lowest BCUT2D eigenvalue weighted by Gasteiger charge is -2.06. The van der Waals surface area contributed by atoms with Crippen LogP contribution in [-0.4, -0.2) is 31.3 Å². The average Bonchev–Trinajstić information content (AvgIpc) is 3.02. The SMILES string of the molecule is Cc1ccc(NC(=O)CSc2nnc(-c3cccc([N+](=O)[O-])c3)n2C)cc1. The Hall–Kier alpha value is -3.20. The van der Waals surface area contributed by atoms with Crippen molar-refractivity contribution in [2.75, 3.05) is 11.1 Å². The molecule has 0 aliphatic carbocycles. The van der Waals surface area contributed by atoms with Crippen LogP contribution in [0, 0.1) is 17.0 Å². The number of benzene rings is 2. The summed E-state index contributed by atoms with van der Waals surface area (Å²) >= 11 is 1.25. The van der Waals surface area contributed by atoms with Gasteiger partial charge in [-0.1, -0.05) is 41.6 Å². The van der Waals surface area contributed by atoms with E-state index in [9.17, 15) is 14.9 Å². The third-order valence-corrected chi connectivity index (χ3v) is 4.84. The van der Waals surface area contributed by atoms with Crippen molar-refractivity contribution < 1.29 is 9.72 Å². The van der Waals surface area contributed by atoms with Crippen LogP contribution in [0.25, 0.3) is 11.4 Å². The zero-order valence-electron chi connectivity index (χ0n) is 14.7. The van der Waals surface area contributed by atoms with Gasteiger partial charge in [0.15, 0.2) is 11.0 Å². The summed E-state index contributed by atoms with van der Waals surface area (Å²) in [4.78, 5) is 22.6. The Morgan fingerprint density at radius 2 is 1.96 bits per heavy atom. The number of anilines is 1. The second kappa shape index (κ2) is 8.00. The number of thioether (sulfide) groups is 1. The second-order valence-electron chi connectivity index (χ2n) is 5.88. The van der Waals surface area contributed by atoms with Gasteiger partial charge in [-0.25, -0.2) is 0 Å². The van der Waals surface area contributed by atoms with Crippen LogP contribution in [0.1, 0.15) is 5.56 Å². The molecule has 0 aliphatic heterocycles. The van der Waals surface area contributed by atoms with Crippen molar-refractivity contribution >= 4 is 29.0 Å². The van der Waals surface area contributed by atoms with E-state index in [4.69, 9.17) is 0 Å². The summed E-state index contributed by atoms with van der Waals surface area (Å²) in [6, 6.07) is 13.8. The van der Waals surface area contributed by atoms with Crippen LogP contribution in [0.3, 0.4) is 0 Å². The van der Waals surface area contributed by atoms with Gasteiger partial charge < -0.3 is 9.88 Å². The van der Waals surface area contributed by atoms with Gasteiger partial charge in [0, 0.05) is 30.4 Å². The zero-order valence-corrected chi connectivity index (χ0v) is 15.6. The summed E-state index contributed by atoms with van der Waals surface area (Å²) in [5, 5.41) is 22.5. The summed E-state index contributed by atoms with van der Waals surface area (Å²) < 4.78 is 1.71. The van der Waals surface area contributed by atoms with Crippen molar-refractivity contribution in [3.05, 3.63) is 64.2 Å². The minimum Gasteiger partial charge on any atom is -0.325 e. The first-order chi connectivity index (χ1) is 12.9. The van der Waals surface area contributed by atoms with Gasteiger partial charge in [-0.05, 0) is 19.1 Å². The smallest absolute Gasteiger partial charge is 0.270 e. The van der Waals surface area contributed by atoms with Gasteiger partial charge in [0.05, 0.1) is 10.7 Å². The molecule has 2 aromatic carbocycles. The maximum atomic E-state index is 12.1. The molecule has 0 bridgehead atoms. The molecule has 1 N–H and O–H groups in total. The van der Waals surface area contributed by atoms with Gasteiger partial charge in [-0.3, -0.25) is 14.9 Å². The largest absolute Gasteiger partial charge is 0.325 e. The Labute approximate surface area is 159 Å². The number of amides is 1. The number of aromatic nitrogens is 3. The van der Waals surface area contributed by atoms with Crippen molar-refractivity contribution in [3.8, 4) is 11.4 Å². The average molecular weight is 383 g/mol. The molecule has 1 amide bonds. The van der Waals surface area contributed by atoms with Crippen molar-refractivity contribution in [1.82, 2.24) is 14.8 Å². The minimum absolute atomic E-state index is 0.0119. The predicted octanol–water partition coefficient (Wildman–Crippen LogP) is 3.43. The first-order valence-electron chi connectivity index (χ1n) is 8.07. The maximum Gasteiger partial charge on any atom is 0.270 e. The van der Waals surface area contributed by atoms with Crippen molar-refractivity contribution in [3.63, 3.8) is 0 Å². The highest BCUT2D eigenvalue weighted by Crippen LogP contribution is 2.25. The van der Waals surface area contributed by atoms with Crippen LogP contribution < -0.4 is 5.32 Å². The normalized spacial score (nSPS) is 10.6. The Morgan fingerprint density at radius 3 is 2.67 bits per heavy atom. The summed E-state index contributed by atoms with van der Waals surface area (Å²) in [5.74, 6) is 0.526. The lowest BCUT2D eigenvalue weighted by Crippen LogP contribution is -2.14. The number of nitrogens with zero attached hydrogens (tertiary/aromatic N) is 4. The van der Waals surface area contributed by atoms with Gasteiger partial charge in [-0.2, -0.15) is 0 Å². The van der Waals surface area contributed by atoms with Crippen molar-refractivity contribution in [2.45, 2.75) is 12.1 Å². The van der Waals surface area contributed by atoms with Crippen molar-refractivity contribution in [1.29, 1.82) is 0 Å². The molecule has 8 nitrogen and oxygen atoms in total. The first-order valence-corrected chi connectivity index (χ1v) is 9.06. The molecule has 1 heterocycles. The number of hydrogen-bond acceptors (Lipinski definition) is 6. The number of hydrogen-bond donors (Lipinski definition) is 1. The lowest BCUT2D eigenvalue weighted by molar-refractivity contribution is -0.384. The van der Waals surface area contributed by atoms with Crippen LogP contribution in [0.5, 0.6) is 0 Å². The fourth-order valence-electron chi connectivity index (χ4n) is 2.41. The molecule has 0 spiro atoms. The molecule has 0 unspecified atom stereocenters. The van der Waals surface area contributed by atoms with Crippen LogP contribution in [0.4, 0.5) is 11.4 Å². The summed E-state index contributed by atoms with van der Waals surface area (Å²) in [7, 11) is 1.76. The quantitative estimate of drug-likeness (QED) is 0.397. The number of nitro benzene ring substituents is 1. The first kappa shape index (κ1) is 18.6. The third kappa shape index (κ3) is 4.50. The molecule has 0 fully saturated rings. The molecular formula is C18H17N5O3S. The molecule has 0 saturated heterocycles. The molecule has 27 heavy (non-hydrogen) atoms. The van der Waals surface area contributed by atoms with Gasteiger partial charge in [0.2, 0.25) is 5.91 Å². The molecule has 3 rings (SSSR count). The van der Waals surface area contributed by atoms with Crippen LogP contribution >= 0.6 is 11.8 Å². The molecule has 0 atom stereocenters. The second-order valence-corrected chi connectivity index (χ2v) is 6.82. The Bertz CT molecular complexity index is 985. The molecule has 9 heteroatoms. The van der Waals surface area contributed by atoms with E-state index in [1.807, 2.05) is 31.2 Å².